The van der Waals surface area contributed by atoms with Gasteiger partial charge in [-0.3, -0.25) is 4.79 Å². The number of amides is 1. The molecule has 0 fully saturated rings. The van der Waals surface area contributed by atoms with E-state index < -0.39 is 0 Å². The molecule has 0 spiro atoms. The van der Waals surface area contributed by atoms with E-state index in [1.807, 2.05) is 30.6 Å². The molecule has 0 unspecified atom stereocenters. The Morgan fingerprint density at radius 2 is 2.05 bits per heavy atom. The van der Waals surface area contributed by atoms with Crippen molar-refractivity contribution in [2.75, 3.05) is 13.3 Å². The summed E-state index contributed by atoms with van der Waals surface area (Å²) in [5.41, 5.74) is 1.14. The predicted molar refractivity (Wildman–Crippen MR) is 88.1 cm³/mol. The Labute approximate surface area is 128 Å². The molecule has 0 N–H and O–H groups in total. The summed E-state index contributed by atoms with van der Waals surface area (Å²) in [6.07, 6.45) is 5.54. The van der Waals surface area contributed by atoms with Gasteiger partial charge in [-0.15, -0.1) is 23.1 Å². The van der Waals surface area contributed by atoms with Gasteiger partial charge in [-0.05, 0) is 41.5 Å². The predicted octanol–water partition coefficient (Wildman–Crippen LogP) is 4.14. The highest BCUT2D eigenvalue weighted by Crippen LogP contribution is 2.16. The van der Waals surface area contributed by atoms with Gasteiger partial charge in [-0.2, -0.15) is 0 Å². The van der Waals surface area contributed by atoms with Gasteiger partial charge in [0.05, 0.1) is 0 Å². The summed E-state index contributed by atoms with van der Waals surface area (Å²) < 4.78 is 0. The average molecular weight is 303 g/mol. The van der Waals surface area contributed by atoms with Crippen LogP contribution in [0, 0.1) is 0 Å². The third kappa shape index (κ3) is 4.25. The number of nitrogens with zero attached hydrogens (tertiary/aromatic N) is 1. The lowest BCUT2D eigenvalue weighted by Crippen LogP contribution is -2.24. The first kappa shape index (κ1) is 14.9. The number of hydrogen-bond acceptors (Lipinski definition) is 3. The molecule has 2 rings (SSSR count). The third-order valence-corrected chi connectivity index (χ3v) is 4.47. The Kier molecular flexibility index (Phi) is 5.44. The van der Waals surface area contributed by atoms with E-state index in [4.69, 9.17) is 0 Å². The minimum atomic E-state index is 0.0207. The van der Waals surface area contributed by atoms with Crippen LogP contribution in [0.25, 0.3) is 6.08 Å². The molecule has 2 nitrogen and oxygen atoms in total. The van der Waals surface area contributed by atoms with Crippen molar-refractivity contribution in [3.8, 4) is 0 Å². The zero-order valence-corrected chi connectivity index (χ0v) is 13.2. The van der Waals surface area contributed by atoms with E-state index in [0.29, 0.717) is 6.54 Å². The highest BCUT2D eigenvalue weighted by molar-refractivity contribution is 7.98. The molecule has 0 aliphatic carbocycles. The van der Waals surface area contributed by atoms with Crippen molar-refractivity contribution in [3.05, 3.63) is 58.3 Å². The molecule has 0 aliphatic rings. The first-order chi connectivity index (χ1) is 9.69. The molecular weight excluding hydrogens is 286 g/mol. The second kappa shape index (κ2) is 7.31. The van der Waals surface area contributed by atoms with Gasteiger partial charge in [0.25, 0.3) is 0 Å². The fourth-order valence-corrected chi connectivity index (χ4v) is 2.78. The van der Waals surface area contributed by atoms with E-state index in [2.05, 4.69) is 30.5 Å². The standard InChI is InChI=1S/C16H17NOS2/c1-17(12-13-5-7-14(19-2)8-6-13)16(18)10-9-15-4-3-11-20-15/h3-11H,12H2,1-2H3. The van der Waals surface area contributed by atoms with E-state index in [0.717, 1.165) is 10.4 Å². The van der Waals surface area contributed by atoms with Crippen LogP contribution in [0.2, 0.25) is 0 Å². The van der Waals surface area contributed by atoms with Gasteiger partial charge in [0.1, 0.15) is 0 Å². The normalized spacial score (nSPS) is 10.9. The first-order valence-electron chi connectivity index (χ1n) is 6.28. The minimum Gasteiger partial charge on any atom is -0.338 e. The molecule has 104 valence electrons. The summed E-state index contributed by atoms with van der Waals surface area (Å²) >= 11 is 3.34. The molecular formula is C16H17NOS2. The van der Waals surface area contributed by atoms with E-state index >= 15 is 0 Å². The Balaban J connectivity index is 1.93. The summed E-state index contributed by atoms with van der Waals surface area (Å²) in [7, 11) is 1.82. The third-order valence-electron chi connectivity index (χ3n) is 2.89. The van der Waals surface area contributed by atoms with Crippen molar-refractivity contribution in [2.24, 2.45) is 0 Å². The van der Waals surface area contributed by atoms with Gasteiger partial charge < -0.3 is 4.90 Å². The smallest absolute Gasteiger partial charge is 0.246 e. The Hall–Kier alpha value is -1.52. The molecule has 0 radical (unpaired) electrons. The van der Waals surface area contributed by atoms with Gasteiger partial charge >= 0.3 is 0 Å². The molecule has 0 saturated heterocycles. The molecule has 0 atom stereocenters. The maximum absolute atomic E-state index is 12.0. The summed E-state index contributed by atoms with van der Waals surface area (Å²) in [5, 5.41) is 2.00. The second-order valence-corrected chi connectivity index (χ2v) is 6.25. The van der Waals surface area contributed by atoms with Crippen LogP contribution in [0.3, 0.4) is 0 Å². The van der Waals surface area contributed by atoms with Crippen molar-refractivity contribution in [1.29, 1.82) is 0 Å². The van der Waals surface area contributed by atoms with Crippen LogP contribution in [0.15, 0.2) is 52.7 Å². The van der Waals surface area contributed by atoms with Crippen molar-refractivity contribution in [2.45, 2.75) is 11.4 Å². The number of thioether (sulfide) groups is 1. The first-order valence-corrected chi connectivity index (χ1v) is 8.39. The van der Waals surface area contributed by atoms with E-state index in [1.165, 1.54) is 4.90 Å². The maximum atomic E-state index is 12.0. The number of likely N-dealkylation sites (N-methyl/N-ethyl adjacent to an activating group) is 1. The zero-order valence-electron chi connectivity index (χ0n) is 11.6. The molecule has 0 aliphatic heterocycles. The molecule has 20 heavy (non-hydrogen) atoms. The van der Waals surface area contributed by atoms with Crippen LogP contribution in [0.4, 0.5) is 0 Å². The lowest BCUT2D eigenvalue weighted by Gasteiger charge is -2.15. The van der Waals surface area contributed by atoms with Crippen molar-refractivity contribution >= 4 is 35.1 Å². The summed E-state index contributed by atoms with van der Waals surface area (Å²) in [6, 6.07) is 12.3. The number of benzene rings is 1. The average Bonchev–Trinajstić information content (AvgIpc) is 2.98. The Morgan fingerprint density at radius 3 is 2.65 bits per heavy atom. The van der Waals surface area contributed by atoms with Gasteiger partial charge in [0, 0.05) is 29.4 Å². The monoisotopic (exact) mass is 303 g/mol. The van der Waals surface area contributed by atoms with Gasteiger partial charge in [0.2, 0.25) is 5.91 Å². The summed E-state index contributed by atoms with van der Waals surface area (Å²) in [6.45, 7) is 0.627. The van der Waals surface area contributed by atoms with E-state index in [-0.39, 0.29) is 5.91 Å². The van der Waals surface area contributed by atoms with E-state index in [1.54, 1.807) is 34.1 Å². The Bertz CT molecular complexity index is 573. The molecule has 1 aromatic carbocycles. The summed E-state index contributed by atoms with van der Waals surface area (Å²) in [4.78, 5) is 16.1. The van der Waals surface area contributed by atoms with Gasteiger partial charge in [-0.1, -0.05) is 18.2 Å². The van der Waals surface area contributed by atoms with Crippen LogP contribution >= 0.6 is 23.1 Å². The van der Waals surface area contributed by atoms with Crippen LogP contribution < -0.4 is 0 Å². The van der Waals surface area contributed by atoms with Crippen LogP contribution in [-0.4, -0.2) is 24.1 Å². The van der Waals surface area contributed by atoms with Crippen molar-refractivity contribution in [3.63, 3.8) is 0 Å². The fraction of sp³-hybridized carbons (Fsp3) is 0.188. The number of rotatable bonds is 5. The van der Waals surface area contributed by atoms with Gasteiger partial charge in [-0.25, -0.2) is 0 Å². The molecule has 0 saturated carbocycles. The maximum Gasteiger partial charge on any atom is 0.246 e. The van der Waals surface area contributed by atoms with Crippen LogP contribution in [0.1, 0.15) is 10.4 Å². The molecule has 2 aromatic rings. The molecule has 4 heteroatoms. The summed E-state index contributed by atoms with van der Waals surface area (Å²) in [5.74, 6) is 0.0207. The highest BCUT2D eigenvalue weighted by Gasteiger charge is 2.05. The fourth-order valence-electron chi connectivity index (χ4n) is 1.75. The number of carbonyl (C=O) groups is 1. The number of hydrogen-bond donors (Lipinski definition) is 0. The lowest BCUT2D eigenvalue weighted by atomic mass is 10.2. The molecule has 1 amide bonds. The quantitative estimate of drug-likeness (QED) is 0.611. The largest absolute Gasteiger partial charge is 0.338 e. The van der Waals surface area contributed by atoms with Crippen LogP contribution in [-0.2, 0) is 11.3 Å². The second-order valence-electron chi connectivity index (χ2n) is 4.39. The topological polar surface area (TPSA) is 20.3 Å². The molecule has 0 bridgehead atoms. The minimum absolute atomic E-state index is 0.0207. The highest BCUT2D eigenvalue weighted by atomic mass is 32.2. The molecule has 1 aromatic heterocycles. The van der Waals surface area contributed by atoms with Gasteiger partial charge in [0.15, 0.2) is 0 Å². The zero-order chi connectivity index (χ0) is 14.4. The van der Waals surface area contributed by atoms with Crippen molar-refractivity contribution in [1.82, 2.24) is 4.90 Å². The lowest BCUT2D eigenvalue weighted by molar-refractivity contribution is -0.125. The molecule has 1 heterocycles. The van der Waals surface area contributed by atoms with Crippen molar-refractivity contribution < 1.29 is 4.79 Å². The number of thiophene rings is 1. The van der Waals surface area contributed by atoms with E-state index in [9.17, 15) is 4.79 Å². The number of carbonyl (C=O) groups excluding carboxylic acids is 1. The Morgan fingerprint density at radius 1 is 1.30 bits per heavy atom. The SMILES string of the molecule is CSc1ccc(CN(C)C(=O)C=Cc2cccs2)cc1. The van der Waals surface area contributed by atoms with Crippen LogP contribution in [0.5, 0.6) is 0 Å².